The molecule has 88 valence electrons. The van der Waals surface area contributed by atoms with Gasteiger partial charge in [0.15, 0.2) is 0 Å². The summed E-state index contributed by atoms with van der Waals surface area (Å²) in [5, 5.41) is 3.07. The van der Waals surface area contributed by atoms with Crippen LogP contribution in [-0.4, -0.2) is 12.0 Å². The van der Waals surface area contributed by atoms with Crippen molar-refractivity contribution in [3.63, 3.8) is 0 Å². The Hall–Kier alpha value is -1.74. The molecule has 2 nitrogen and oxygen atoms in total. The van der Waals surface area contributed by atoms with Crippen LogP contribution >= 0.6 is 0 Å². The van der Waals surface area contributed by atoms with Crippen LogP contribution < -0.4 is 5.32 Å². The molecular formula is C14H15FN2. The molecule has 0 fully saturated rings. The van der Waals surface area contributed by atoms with E-state index in [-0.39, 0.29) is 5.82 Å². The van der Waals surface area contributed by atoms with E-state index in [1.165, 1.54) is 12.1 Å². The van der Waals surface area contributed by atoms with Gasteiger partial charge in [-0.2, -0.15) is 0 Å². The van der Waals surface area contributed by atoms with E-state index in [4.69, 9.17) is 0 Å². The molecule has 0 amide bonds. The zero-order valence-corrected chi connectivity index (χ0v) is 10.00. The first-order valence-corrected chi connectivity index (χ1v) is 5.55. The molecule has 0 bridgehead atoms. The Kier molecular flexibility index (Phi) is 3.49. The third-order valence-corrected chi connectivity index (χ3v) is 2.55. The molecule has 0 unspecified atom stereocenters. The predicted molar refractivity (Wildman–Crippen MR) is 67.1 cm³/mol. The van der Waals surface area contributed by atoms with Gasteiger partial charge < -0.3 is 5.32 Å². The van der Waals surface area contributed by atoms with E-state index < -0.39 is 0 Å². The van der Waals surface area contributed by atoms with Crippen LogP contribution in [0, 0.1) is 12.7 Å². The van der Waals surface area contributed by atoms with E-state index in [0.29, 0.717) is 0 Å². The minimum absolute atomic E-state index is 0.209. The Morgan fingerprint density at radius 3 is 2.65 bits per heavy atom. The summed E-state index contributed by atoms with van der Waals surface area (Å²) in [6, 6.07) is 7.04. The highest BCUT2D eigenvalue weighted by molar-refractivity contribution is 5.63. The van der Waals surface area contributed by atoms with Crippen molar-refractivity contribution < 1.29 is 4.39 Å². The molecule has 1 aromatic carbocycles. The first kappa shape index (κ1) is 11.7. The number of nitrogens with zero attached hydrogens (tertiary/aromatic N) is 1. The number of aryl methyl sites for hydroxylation is 1. The lowest BCUT2D eigenvalue weighted by Crippen LogP contribution is -2.05. The number of rotatable bonds is 3. The molecule has 0 atom stereocenters. The van der Waals surface area contributed by atoms with Crippen LogP contribution in [0.15, 0.2) is 36.7 Å². The Balaban J connectivity index is 2.41. The van der Waals surface area contributed by atoms with Gasteiger partial charge >= 0.3 is 0 Å². The van der Waals surface area contributed by atoms with Crippen LogP contribution in [0.3, 0.4) is 0 Å². The van der Waals surface area contributed by atoms with Gasteiger partial charge in [0.25, 0.3) is 0 Å². The van der Waals surface area contributed by atoms with Gasteiger partial charge in [0, 0.05) is 24.5 Å². The topological polar surface area (TPSA) is 24.9 Å². The summed E-state index contributed by atoms with van der Waals surface area (Å²) in [6.07, 6.45) is 3.57. The molecule has 0 saturated carbocycles. The summed E-state index contributed by atoms with van der Waals surface area (Å²) < 4.78 is 13.3. The average molecular weight is 230 g/mol. The van der Waals surface area contributed by atoms with Gasteiger partial charge in [0.2, 0.25) is 0 Å². The quantitative estimate of drug-likeness (QED) is 0.877. The minimum atomic E-state index is -0.209. The number of nitrogens with one attached hydrogen (secondary N) is 1. The average Bonchev–Trinajstić information content (AvgIpc) is 2.28. The van der Waals surface area contributed by atoms with E-state index in [9.17, 15) is 4.39 Å². The highest BCUT2D eigenvalue weighted by Gasteiger charge is 2.03. The van der Waals surface area contributed by atoms with Crippen molar-refractivity contribution in [2.24, 2.45) is 0 Å². The van der Waals surface area contributed by atoms with Crippen molar-refractivity contribution in [3.05, 3.63) is 53.6 Å². The smallest absolute Gasteiger partial charge is 0.124 e. The monoisotopic (exact) mass is 230 g/mol. The van der Waals surface area contributed by atoms with E-state index in [1.54, 1.807) is 6.20 Å². The van der Waals surface area contributed by atoms with Gasteiger partial charge in [-0.25, -0.2) is 4.39 Å². The number of benzene rings is 1. The maximum atomic E-state index is 13.3. The molecule has 0 aliphatic rings. The van der Waals surface area contributed by atoms with Gasteiger partial charge in [-0.15, -0.1) is 0 Å². The van der Waals surface area contributed by atoms with Crippen LogP contribution in [0.5, 0.6) is 0 Å². The van der Waals surface area contributed by atoms with Crippen molar-refractivity contribution in [2.75, 3.05) is 7.05 Å². The lowest BCUT2D eigenvalue weighted by Gasteiger charge is -2.06. The predicted octanol–water partition coefficient (Wildman–Crippen LogP) is 2.92. The highest BCUT2D eigenvalue weighted by Crippen LogP contribution is 2.21. The van der Waals surface area contributed by atoms with E-state index in [0.717, 1.165) is 28.8 Å². The Bertz CT molecular complexity index is 503. The number of hydrogen-bond donors (Lipinski definition) is 1. The first-order chi connectivity index (χ1) is 8.19. The fraction of sp³-hybridized carbons (Fsp3) is 0.214. The van der Waals surface area contributed by atoms with E-state index in [1.807, 2.05) is 32.3 Å². The van der Waals surface area contributed by atoms with Crippen molar-refractivity contribution in [1.29, 1.82) is 0 Å². The molecule has 0 spiro atoms. The summed E-state index contributed by atoms with van der Waals surface area (Å²) in [6.45, 7) is 2.65. The summed E-state index contributed by atoms with van der Waals surface area (Å²) >= 11 is 0. The molecule has 17 heavy (non-hydrogen) atoms. The van der Waals surface area contributed by atoms with Crippen molar-refractivity contribution >= 4 is 0 Å². The second kappa shape index (κ2) is 5.06. The maximum Gasteiger partial charge on any atom is 0.124 e. The molecule has 0 aliphatic carbocycles. The standard InChI is InChI=1S/C14H15FN2/c1-10-3-12(6-14(15)4-10)13-5-11(7-16-2)8-17-9-13/h3-6,8-9,16H,7H2,1-2H3. The summed E-state index contributed by atoms with van der Waals surface area (Å²) in [5.74, 6) is -0.209. The SMILES string of the molecule is CNCc1cncc(-c2cc(C)cc(F)c2)c1. The molecule has 0 saturated heterocycles. The van der Waals surface area contributed by atoms with E-state index in [2.05, 4.69) is 10.3 Å². The van der Waals surface area contributed by atoms with Crippen molar-refractivity contribution in [2.45, 2.75) is 13.5 Å². The molecule has 0 radical (unpaired) electrons. The normalized spacial score (nSPS) is 10.5. The lowest BCUT2D eigenvalue weighted by molar-refractivity contribution is 0.627. The second-order valence-corrected chi connectivity index (χ2v) is 4.13. The zero-order chi connectivity index (χ0) is 12.3. The fourth-order valence-electron chi connectivity index (χ4n) is 1.85. The highest BCUT2D eigenvalue weighted by atomic mass is 19.1. The third-order valence-electron chi connectivity index (χ3n) is 2.55. The van der Waals surface area contributed by atoms with Gasteiger partial charge in [-0.1, -0.05) is 6.07 Å². The molecule has 0 aliphatic heterocycles. The number of pyridine rings is 1. The van der Waals surface area contributed by atoms with Gasteiger partial charge in [0.05, 0.1) is 0 Å². The number of halogens is 1. The summed E-state index contributed by atoms with van der Waals surface area (Å²) in [7, 11) is 1.89. The third kappa shape index (κ3) is 2.88. The molecular weight excluding hydrogens is 215 g/mol. The summed E-state index contributed by atoms with van der Waals surface area (Å²) in [4.78, 5) is 4.18. The van der Waals surface area contributed by atoms with Crippen LogP contribution in [-0.2, 0) is 6.54 Å². The number of aromatic nitrogens is 1. The second-order valence-electron chi connectivity index (χ2n) is 4.13. The maximum absolute atomic E-state index is 13.3. The van der Waals surface area contributed by atoms with E-state index >= 15 is 0 Å². The molecule has 1 aromatic heterocycles. The van der Waals surface area contributed by atoms with Crippen molar-refractivity contribution in [1.82, 2.24) is 10.3 Å². The molecule has 1 heterocycles. The summed E-state index contributed by atoms with van der Waals surface area (Å²) in [5.41, 5.74) is 3.82. The largest absolute Gasteiger partial charge is 0.316 e. The number of hydrogen-bond acceptors (Lipinski definition) is 2. The fourth-order valence-corrected chi connectivity index (χ4v) is 1.85. The lowest BCUT2D eigenvalue weighted by atomic mass is 10.0. The van der Waals surface area contributed by atoms with Crippen LogP contribution in [0.25, 0.3) is 11.1 Å². The zero-order valence-electron chi connectivity index (χ0n) is 10.00. The molecule has 2 rings (SSSR count). The van der Waals surface area contributed by atoms with Gasteiger partial charge in [0.1, 0.15) is 5.82 Å². The van der Waals surface area contributed by atoms with Crippen LogP contribution in [0.2, 0.25) is 0 Å². The molecule has 2 aromatic rings. The molecule has 1 N–H and O–H groups in total. The van der Waals surface area contributed by atoms with Crippen LogP contribution in [0.4, 0.5) is 4.39 Å². The van der Waals surface area contributed by atoms with Crippen molar-refractivity contribution in [3.8, 4) is 11.1 Å². The first-order valence-electron chi connectivity index (χ1n) is 5.55. The van der Waals surface area contributed by atoms with Gasteiger partial charge in [-0.05, 0) is 48.9 Å². The Morgan fingerprint density at radius 1 is 1.12 bits per heavy atom. The minimum Gasteiger partial charge on any atom is -0.316 e. The Morgan fingerprint density at radius 2 is 1.94 bits per heavy atom. The molecule has 3 heteroatoms. The Labute approximate surface area is 101 Å². The van der Waals surface area contributed by atoms with Gasteiger partial charge in [-0.3, -0.25) is 4.98 Å². The van der Waals surface area contributed by atoms with Crippen LogP contribution in [0.1, 0.15) is 11.1 Å².